The second-order valence-corrected chi connectivity index (χ2v) is 9.75. The summed E-state index contributed by atoms with van der Waals surface area (Å²) in [6, 6.07) is 8.16. The highest BCUT2D eigenvalue weighted by Crippen LogP contribution is 2.41. The van der Waals surface area contributed by atoms with E-state index in [1.54, 1.807) is 16.2 Å². The monoisotopic (exact) mass is 468 g/mol. The third-order valence-electron chi connectivity index (χ3n) is 5.84. The van der Waals surface area contributed by atoms with Gasteiger partial charge in [0.1, 0.15) is 6.61 Å². The summed E-state index contributed by atoms with van der Waals surface area (Å²) in [7, 11) is 9.64. The van der Waals surface area contributed by atoms with Crippen LogP contribution in [0.15, 0.2) is 30.5 Å². The molecule has 0 radical (unpaired) electrons. The summed E-state index contributed by atoms with van der Waals surface area (Å²) >= 11 is 1.74. The molecule has 1 atom stereocenters. The minimum absolute atomic E-state index is 0.0238. The molecule has 0 spiro atoms. The summed E-state index contributed by atoms with van der Waals surface area (Å²) in [6.45, 7) is 2.92. The maximum absolute atomic E-state index is 12.6. The van der Waals surface area contributed by atoms with E-state index in [1.165, 1.54) is 0 Å². The SMILES string of the molecule is CNCCOc1ccc(-c2cc(N3CCC(C(=O)N(C)C)C3)c3sc(N(C)C)cc3n2)cn1. The van der Waals surface area contributed by atoms with Crippen molar-refractivity contribution < 1.29 is 9.53 Å². The molecule has 4 rings (SSSR count). The van der Waals surface area contributed by atoms with E-state index in [9.17, 15) is 4.79 Å². The molecule has 0 bridgehead atoms. The van der Waals surface area contributed by atoms with Gasteiger partial charge in [-0.1, -0.05) is 0 Å². The molecule has 0 aliphatic carbocycles. The van der Waals surface area contributed by atoms with Crippen LogP contribution in [-0.4, -0.2) is 82.3 Å². The van der Waals surface area contributed by atoms with Gasteiger partial charge in [-0.15, -0.1) is 11.3 Å². The van der Waals surface area contributed by atoms with Gasteiger partial charge in [-0.25, -0.2) is 9.97 Å². The van der Waals surface area contributed by atoms with Crippen LogP contribution < -0.4 is 19.9 Å². The van der Waals surface area contributed by atoms with Gasteiger partial charge in [0.2, 0.25) is 11.8 Å². The van der Waals surface area contributed by atoms with Crippen molar-refractivity contribution in [3.05, 3.63) is 30.5 Å². The fourth-order valence-electron chi connectivity index (χ4n) is 4.02. The largest absolute Gasteiger partial charge is 0.476 e. The molecule has 1 amide bonds. The topological polar surface area (TPSA) is 73.8 Å². The maximum Gasteiger partial charge on any atom is 0.227 e. The average molecular weight is 469 g/mol. The van der Waals surface area contributed by atoms with Gasteiger partial charge in [0.05, 0.1) is 32.5 Å². The van der Waals surface area contributed by atoms with Crippen LogP contribution in [0.4, 0.5) is 10.7 Å². The number of fused-ring (bicyclic) bond motifs is 1. The predicted octanol–water partition coefficient (Wildman–Crippen LogP) is 2.94. The number of nitrogens with one attached hydrogen (secondary N) is 1. The molecule has 176 valence electrons. The molecular formula is C24H32N6O2S. The molecule has 4 heterocycles. The third kappa shape index (κ3) is 5.04. The first-order chi connectivity index (χ1) is 15.9. The molecule has 0 saturated carbocycles. The number of pyridine rings is 2. The Kier molecular flexibility index (Phi) is 6.99. The van der Waals surface area contributed by atoms with Crippen LogP contribution >= 0.6 is 11.3 Å². The highest BCUT2D eigenvalue weighted by molar-refractivity contribution is 7.23. The van der Waals surface area contributed by atoms with E-state index in [1.807, 2.05) is 53.6 Å². The van der Waals surface area contributed by atoms with Gasteiger partial charge in [-0.05, 0) is 31.7 Å². The van der Waals surface area contributed by atoms with Crippen LogP contribution in [0, 0.1) is 5.92 Å². The van der Waals surface area contributed by atoms with Crippen LogP contribution in [-0.2, 0) is 4.79 Å². The number of hydrogen-bond acceptors (Lipinski definition) is 8. The van der Waals surface area contributed by atoms with Gasteiger partial charge in [0.15, 0.2) is 0 Å². The van der Waals surface area contributed by atoms with Crippen LogP contribution in [0.5, 0.6) is 5.88 Å². The second kappa shape index (κ2) is 9.93. The smallest absolute Gasteiger partial charge is 0.227 e. The first-order valence-electron chi connectivity index (χ1n) is 11.2. The molecule has 0 aromatic carbocycles. The third-order valence-corrected chi connectivity index (χ3v) is 7.15. The molecule has 1 unspecified atom stereocenters. The molecule has 1 N–H and O–H groups in total. The fraction of sp³-hybridized carbons (Fsp3) is 0.458. The van der Waals surface area contributed by atoms with Crippen molar-refractivity contribution in [2.45, 2.75) is 6.42 Å². The maximum atomic E-state index is 12.6. The summed E-state index contributed by atoms with van der Waals surface area (Å²) < 4.78 is 6.81. The summed E-state index contributed by atoms with van der Waals surface area (Å²) in [5, 5.41) is 4.21. The van der Waals surface area contributed by atoms with E-state index >= 15 is 0 Å². The Morgan fingerprint density at radius 3 is 2.76 bits per heavy atom. The van der Waals surface area contributed by atoms with Gasteiger partial charge in [0, 0.05) is 65.7 Å². The van der Waals surface area contributed by atoms with Gasteiger partial charge in [-0.2, -0.15) is 0 Å². The number of ether oxygens (including phenoxy) is 1. The van der Waals surface area contributed by atoms with E-state index in [4.69, 9.17) is 9.72 Å². The van der Waals surface area contributed by atoms with Crippen LogP contribution in [0.1, 0.15) is 6.42 Å². The zero-order chi connectivity index (χ0) is 23.5. The number of aromatic nitrogens is 2. The number of likely N-dealkylation sites (N-methyl/N-ethyl adjacent to an activating group) is 1. The summed E-state index contributed by atoms with van der Waals surface area (Å²) in [4.78, 5) is 28.1. The number of amides is 1. The average Bonchev–Trinajstić information content (AvgIpc) is 3.46. The van der Waals surface area contributed by atoms with Gasteiger partial charge in [-0.3, -0.25) is 4.79 Å². The number of carbonyl (C=O) groups is 1. The highest BCUT2D eigenvalue weighted by Gasteiger charge is 2.31. The Labute approximate surface area is 199 Å². The first kappa shape index (κ1) is 23.3. The van der Waals surface area contributed by atoms with Crippen molar-refractivity contribution in [2.75, 3.05) is 71.3 Å². The lowest BCUT2D eigenvalue weighted by molar-refractivity contribution is -0.132. The van der Waals surface area contributed by atoms with Crippen LogP contribution in [0.25, 0.3) is 21.5 Å². The van der Waals surface area contributed by atoms with E-state index in [-0.39, 0.29) is 11.8 Å². The molecule has 1 aliphatic rings. The summed E-state index contributed by atoms with van der Waals surface area (Å²) in [6.07, 6.45) is 2.68. The molecule has 1 fully saturated rings. The Bertz CT molecular complexity index is 1110. The highest BCUT2D eigenvalue weighted by atomic mass is 32.1. The molecule has 1 saturated heterocycles. The zero-order valence-electron chi connectivity index (χ0n) is 20.0. The summed E-state index contributed by atoms with van der Waals surface area (Å²) in [5.41, 5.74) is 3.92. The minimum atomic E-state index is 0.0238. The summed E-state index contributed by atoms with van der Waals surface area (Å²) in [5.74, 6) is 0.821. The number of thiophene rings is 1. The molecule has 8 nitrogen and oxygen atoms in total. The quantitative estimate of drug-likeness (QED) is 0.510. The van der Waals surface area contributed by atoms with Crippen molar-refractivity contribution in [3.8, 4) is 17.1 Å². The number of rotatable bonds is 8. The second-order valence-electron chi connectivity index (χ2n) is 8.72. The fourth-order valence-corrected chi connectivity index (χ4v) is 5.08. The van der Waals surface area contributed by atoms with E-state index < -0.39 is 0 Å². The molecule has 3 aromatic rings. The molecule has 3 aromatic heterocycles. The normalized spacial score (nSPS) is 15.8. The Morgan fingerprint density at radius 2 is 2.09 bits per heavy atom. The molecule has 1 aliphatic heterocycles. The minimum Gasteiger partial charge on any atom is -0.476 e. The Morgan fingerprint density at radius 1 is 1.27 bits per heavy atom. The lowest BCUT2D eigenvalue weighted by Gasteiger charge is -2.21. The van der Waals surface area contributed by atoms with Gasteiger partial charge < -0.3 is 24.8 Å². The van der Waals surface area contributed by atoms with E-state index in [2.05, 4.69) is 32.2 Å². The molecular weight excluding hydrogens is 436 g/mol. The van der Waals surface area contributed by atoms with Gasteiger partial charge >= 0.3 is 0 Å². The lowest BCUT2D eigenvalue weighted by Crippen LogP contribution is -2.31. The van der Waals surface area contributed by atoms with Crippen molar-refractivity contribution in [1.29, 1.82) is 0 Å². The number of carbonyl (C=O) groups excluding carboxylic acids is 1. The van der Waals surface area contributed by atoms with E-state index in [0.29, 0.717) is 12.5 Å². The predicted molar refractivity (Wildman–Crippen MR) is 136 cm³/mol. The first-order valence-corrected chi connectivity index (χ1v) is 12.0. The Hall–Kier alpha value is -2.91. The van der Waals surface area contributed by atoms with Crippen LogP contribution in [0.3, 0.4) is 0 Å². The number of hydrogen-bond donors (Lipinski definition) is 1. The van der Waals surface area contributed by atoms with Crippen molar-refractivity contribution in [3.63, 3.8) is 0 Å². The molecule has 9 heteroatoms. The van der Waals surface area contributed by atoms with Crippen LogP contribution in [0.2, 0.25) is 0 Å². The van der Waals surface area contributed by atoms with Gasteiger partial charge in [0.25, 0.3) is 0 Å². The number of nitrogens with zero attached hydrogens (tertiary/aromatic N) is 5. The standard InChI is InChI=1S/C24H32N6O2S/c1-25-9-11-32-21-7-6-16(14-26-21)18-12-20(23-19(27-18)13-22(33-23)28(2)3)30-10-8-17(15-30)24(31)29(4)5/h6-7,12-14,17,25H,8-11,15H2,1-5H3. The van der Waals surface area contributed by atoms with E-state index in [0.717, 1.165) is 58.2 Å². The molecule has 33 heavy (non-hydrogen) atoms. The van der Waals surface area contributed by atoms with Crippen molar-refractivity contribution in [1.82, 2.24) is 20.2 Å². The number of anilines is 2. The van der Waals surface area contributed by atoms with Crippen molar-refractivity contribution in [2.24, 2.45) is 5.92 Å². The Balaban J connectivity index is 1.68. The zero-order valence-corrected chi connectivity index (χ0v) is 20.8. The van der Waals surface area contributed by atoms with Crippen molar-refractivity contribution >= 4 is 38.1 Å². The lowest BCUT2D eigenvalue weighted by atomic mass is 10.1.